The van der Waals surface area contributed by atoms with Crippen LogP contribution in [-0.2, 0) is 7.05 Å². The van der Waals surface area contributed by atoms with Gasteiger partial charge in [-0.05, 0) is 24.3 Å². The smallest absolute Gasteiger partial charge is 0.161 e. The molecule has 0 amide bonds. The van der Waals surface area contributed by atoms with Crippen molar-refractivity contribution in [3.63, 3.8) is 0 Å². The predicted octanol–water partition coefficient (Wildman–Crippen LogP) is 3.80. The van der Waals surface area contributed by atoms with Crippen molar-refractivity contribution in [3.8, 4) is 11.5 Å². The highest BCUT2D eigenvalue weighted by Gasteiger charge is 2.11. The Balaban J connectivity index is 0.00000132. The monoisotopic (exact) mass is 388 g/mol. The van der Waals surface area contributed by atoms with Gasteiger partial charge in [0.2, 0.25) is 0 Å². The number of fused-ring (bicyclic) bond motifs is 2. The first-order valence-electron chi connectivity index (χ1n) is 6.46. The average Bonchev–Trinajstić information content (AvgIpc) is 2.84. The van der Waals surface area contributed by atoms with E-state index in [-0.39, 0.29) is 24.0 Å². The lowest BCUT2D eigenvalue weighted by atomic mass is 10.3. The molecule has 0 atom stereocenters. The van der Waals surface area contributed by atoms with Gasteiger partial charge in [-0.2, -0.15) is 0 Å². The zero-order valence-corrected chi connectivity index (χ0v) is 13.7. The summed E-state index contributed by atoms with van der Waals surface area (Å²) in [7, 11) is 2.00. The summed E-state index contributed by atoms with van der Waals surface area (Å²) in [6, 6.07) is 15.9. The lowest BCUT2D eigenvalue weighted by Crippen LogP contribution is -1.96. The van der Waals surface area contributed by atoms with Crippen LogP contribution in [0.5, 0.6) is 0 Å². The number of imidazole rings is 1. The molecular weight excluding hydrogens is 375 g/mol. The summed E-state index contributed by atoms with van der Waals surface area (Å²) in [5.41, 5.74) is 4.65. The quantitative estimate of drug-likeness (QED) is 0.466. The number of para-hydroxylation sites is 4. The molecule has 2 aromatic carbocycles. The Hall–Kier alpha value is -2.02. The van der Waals surface area contributed by atoms with E-state index >= 15 is 0 Å². The first-order valence-corrected chi connectivity index (χ1v) is 6.46. The summed E-state index contributed by atoms with van der Waals surface area (Å²) in [5.74, 6) is 0.837. The van der Waals surface area contributed by atoms with E-state index in [0.29, 0.717) is 0 Å². The van der Waals surface area contributed by atoms with Crippen molar-refractivity contribution in [3.05, 3.63) is 54.7 Å². The van der Waals surface area contributed by atoms with Gasteiger partial charge in [0, 0.05) is 7.05 Å². The number of hydrogen-bond donors (Lipinski definition) is 0. The largest absolute Gasteiger partial charge is 0.326 e. The summed E-state index contributed by atoms with van der Waals surface area (Å²) in [5, 5.41) is 0. The zero-order valence-electron chi connectivity index (χ0n) is 11.4. The van der Waals surface area contributed by atoms with Gasteiger partial charge in [-0.25, -0.2) is 9.97 Å². The van der Waals surface area contributed by atoms with E-state index in [1.165, 1.54) is 0 Å². The summed E-state index contributed by atoms with van der Waals surface area (Å²) in [4.78, 5) is 13.8. The molecule has 4 aromatic rings. The molecule has 0 bridgehead atoms. The van der Waals surface area contributed by atoms with E-state index in [2.05, 4.69) is 21.0 Å². The van der Waals surface area contributed by atoms with Crippen LogP contribution >= 0.6 is 24.0 Å². The molecule has 4 rings (SSSR count). The average molecular weight is 388 g/mol. The second-order valence-electron chi connectivity index (χ2n) is 4.73. The molecule has 0 aliphatic rings. The van der Waals surface area contributed by atoms with E-state index in [0.717, 1.165) is 33.6 Å². The molecule has 5 heteroatoms. The molecule has 0 saturated heterocycles. The normalized spacial score (nSPS) is 10.7. The van der Waals surface area contributed by atoms with Gasteiger partial charge in [0.25, 0.3) is 0 Å². The molecule has 0 spiro atoms. The van der Waals surface area contributed by atoms with Crippen molar-refractivity contribution in [1.29, 1.82) is 0 Å². The van der Waals surface area contributed by atoms with Crippen LogP contribution in [0.2, 0.25) is 0 Å². The molecule has 0 saturated carbocycles. The standard InChI is InChI=1S/C16H12N4.HI/c1-20-15-9-5-4-8-13(15)19-16(20)14-10-17-11-6-2-3-7-12(11)18-14;/h2-10H,1H3;1H. The lowest BCUT2D eigenvalue weighted by Gasteiger charge is -2.02. The molecule has 0 aliphatic carbocycles. The molecular formula is C16H13IN4. The van der Waals surface area contributed by atoms with Crippen molar-refractivity contribution in [1.82, 2.24) is 19.5 Å². The maximum absolute atomic E-state index is 4.66. The summed E-state index contributed by atoms with van der Waals surface area (Å²) in [6.07, 6.45) is 1.78. The first-order chi connectivity index (χ1) is 9.83. The maximum atomic E-state index is 4.66. The van der Waals surface area contributed by atoms with Crippen molar-refractivity contribution >= 4 is 46.0 Å². The van der Waals surface area contributed by atoms with Gasteiger partial charge >= 0.3 is 0 Å². The summed E-state index contributed by atoms with van der Waals surface area (Å²) in [6.45, 7) is 0. The van der Waals surface area contributed by atoms with E-state index in [1.807, 2.05) is 54.1 Å². The number of hydrogen-bond acceptors (Lipinski definition) is 3. The van der Waals surface area contributed by atoms with Crippen LogP contribution in [0.3, 0.4) is 0 Å². The van der Waals surface area contributed by atoms with Gasteiger partial charge in [0.1, 0.15) is 5.69 Å². The second-order valence-corrected chi connectivity index (χ2v) is 4.73. The molecule has 2 heterocycles. The maximum Gasteiger partial charge on any atom is 0.161 e. The Kier molecular flexibility index (Phi) is 3.59. The number of rotatable bonds is 1. The highest BCUT2D eigenvalue weighted by Crippen LogP contribution is 2.22. The third-order valence-electron chi connectivity index (χ3n) is 3.46. The number of aromatic nitrogens is 4. The Morgan fingerprint density at radius 1 is 0.810 bits per heavy atom. The highest BCUT2D eigenvalue weighted by atomic mass is 127. The van der Waals surface area contributed by atoms with Crippen molar-refractivity contribution in [2.75, 3.05) is 0 Å². The number of nitrogens with zero attached hydrogens (tertiary/aromatic N) is 4. The molecule has 104 valence electrons. The minimum atomic E-state index is 0. The van der Waals surface area contributed by atoms with Gasteiger partial charge in [-0.15, -0.1) is 24.0 Å². The highest BCUT2D eigenvalue weighted by molar-refractivity contribution is 14.0. The fourth-order valence-corrected chi connectivity index (χ4v) is 2.44. The molecule has 0 fully saturated rings. The van der Waals surface area contributed by atoms with E-state index in [9.17, 15) is 0 Å². The molecule has 0 N–H and O–H groups in total. The molecule has 0 unspecified atom stereocenters. The van der Waals surface area contributed by atoms with Crippen molar-refractivity contribution in [2.45, 2.75) is 0 Å². The van der Waals surface area contributed by atoms with Crippen molar-refractivity contribution in [2.24, 2.45) is 7.05 Å². The lowest BCUT2D eigenvalue weighted by molar-refractivity contribution is 0.950. The Morgan fingerprint density at radius 3 is 2.24 bits per heavy atom. The van der Waals surface area contributed by atoms with Crippen LogP contribution in [0.15, 0.2) is 54.7 Å². The molecule has 4 nitrogen and oxygen atoms in total. The fourth-order valence-electron chi connectivity index (χ4n) is 2.44. The topological polar surface area (TPSA) is 43.6 Å². The van der Waals surface area contributed by atoms with Crippen LogP contribution in [-0.4, -0.2) is 19.5 Å². The molecule has 2 aromatic heterocycles. The Labute approximate surface area is 138 Å². The Bertz CT molecular complexity index is 930. The predicted molar refractivity (Wildman–Crippen MR) is 94.7 cm³/mol. The Morgan fingerprint density at radius 2 is 1.48 bits per heavy atom. The molecule has 21 heavy (non-hydrogen) atoms. The minimum absolute atomic E-state index is 0. The van der Waals surface area contributed by atoms with Crippen LogP contribution in [0, 0.1) is 0 Å². The molecule has 0 aliphatic heterocycles. The first kappa shape index (κ1) is 13.9. The third kappa shape index (κ3) is 2.27. The van der Waals surface area contributed by atoms with Gasteiger partial charge in [0.15, 0.2) is 5.82 Å². The van der Waals surface area contributed by atoms with Crippen LogP contribution < -0.4 is 0 Å². The van der Waals surface area contributed by atoms with Crippen LogP contribution in [0.1, 0.15) is 0 Å². The van der Waals surface area contributed by atoms with E-state index in [1.54, 1.807) is 6.20 Å². The van der Waals surface area contributed by atoms with E-state index < -0.39 is 0 Å². The fraction of sp³-hybridized carbons (Fsp3) is 0.0625. The minimum Gasteiger partial charge on any atom is -0.326 e. The number of halogens is 1. The van der Waals surface area contributed by atoms with Crippen LogP contribution in [0.25, 0.3) is 33.6 Å². The number of benzene rings is 2. The third-order valence-corrected chi connectivity index (χ3v) is 3.46. The van der Waals surface area contributed by atoms with Crippen LogP contribution in [0.4, 0.5) is 0 Å². The van der Waals surface area contributed by atoms with E-state index in [4.69, 9.17) is 0 Å². The molecule has 0 radical (unpaired) electrons. The SMILES string of the molecule is Cn1c(-c2cnc3ccccc3n2)nc2ccccc21.I. The second kappa shape index (κ2) is 5.40. The summed E-state index contributed by atoms with van der Waals surface area (Å²) < 4.78 is 2.05. The van der Waals surface area contributed by atoms with Gasteiger partial charge in [0.05, 0.1) is 28.3 Å². The van der Waals surface area contributed by atoms with Gasteiger partial charge in [-0.3, -0.25) is 4.98 Å². The van der Waals surface area contributed by atoms with Crippen molar-refractivity contribution < 1.29 is 0 Å². The van der Waals surface area contributed by atoms with Gasteiger partial charge < -0.3 is 4.57 Å². The number of aryl methyl sites for hydroxylation is 1. The van der Waals surface area contributed by atoms with Gasteiger partial charge in [-0.1, -0.05) is 24.3 Å². The zero-order chi connectivity index (χ0) is 13.5. The summed E-state index contributed by atoms with van der Waals surface area (Å²) >= 11 is 0.